The molecule has 2 amide bonds. The van der Waals surface area contributed by atoms with E-state index < -0.39 is 17.5 Å². The van der Waals surface area contributed by atoms with Crippen molar-refractivity contribution in [1.82, 2.24) is 14.9 Å². The summed E-state index contributed by atoms with van der Waals surface area (Å²) < 4.78 is 3.80. The Morgan fingerprint density at radius 3 is 2.40 bits per heavy atom. The van der Waals surface area contributed by atoms with E-state index >= 15 is 0 Å². The molecule has 1 heterocycles. The molecule has 2 aromatic carbocycles. The van der Waals surface area contributed by atoms with Crippen molar-refractivity contribution in [3.63, 3.8) is 0 Å². The topological polar surface area (TPSA) is 75.2 Å². The van der Waals surface area contributed by atoms with Crippen LogP contribution in [0.25, 0.3) is 0 Å². The van der Waals surface area contributed by atoms with Crippen LogP contribution < -0.4 is 10.2 Å². The van der Waals surface area contributed by atoms with Gasteiger partial charge >= 0.3 is 0 Å². The molecular weight excluding hydrogens is 420 g/mol. The predicted octanol–water partition coefficient (Wildman–Crippen LogP) is 4.80. The summed E-state index contributed by atoms with van der Waals surface area (Å²) in [5, 5.41) is 8.94. The molecule has 0 unspecified atom stereocenters. The van der Waals surface area contributed by atoms with Crippen LogP contribution in [-0.4, -0.2) is 26.9 Å². The van der Waals surface area contributed by atoms with Crippen molar-refractivity contribution in [1.29, 1.82) is 0 Å². The molecule has 3 aromatic rings. The standard InChI is InChI=1S/C22H23ClN4O2S/c1-14-8-10-15(11-9-14)19(20(28)24-22(2,3)4)27(17-7-5-6-16(23)12-17)21(29)18-13-30-26-25-18/h5-13,19H,1-4H3,(H,24,28)/t19-/m0/s1. The SMILES string of the molecule is Cc1ccc([C@@H](C(=O)NC(C)(C)C)N(C(=O)c2csnn2)c2cccc(Cl)c2)cc1. The summed E-state index contributed by atoms with van der Waals surface area (Å²) in [4.78, 5) is 28.3. The number of halogens is 1. The number of amides is 2. The summed E-state index contributed by atoms with van der Waals surface area (Å²) in [6, 6.07) is 13.5. The van der Waals surface area contributed by atoms with Gasteiger partial charge in [-0.25, -0.2) is 0 Å². The maximum Gasteiger partial charge on any atom is 0.280 e. The molecule has 6 nitrogen and oxygen atoms in total. The van der Waals surface area contributed by atoms with E-state index in [0.717, 1.165) is 17.1 Å². The van der Waals surface area contributed by atoms with Crippen LogP contribution in [0.15, 0.2) is 53.9 Å². The lowest BCUT2D eigenvalue weighted by Crippen LogP contribution is -2.49. The van der Waals surface area contributed by atoms with Crippen molar-refractivity contribution in [2.24, 2.45) is 0 Å². The van der Waals surface area contributed by atoms with Crippen LogP contribution in [0, 0.1) is 6.92 Å². The molecule has 1 aromatic heterocycles. The Labute approximate surface area is 185 Å². The fraction of sp³-hybridized carbons (Fsp3) is 0.273. The molecule has 0 fully saturated rings. The van der Waals surface area contributed by atoms with Gasteiger partial charge in [-0.3, -0.25) is 14.5 Å². The van der Waals surface area contributed by atoms with Gasteiger partial charge in [0.2, 0.25) is 5.91 Å². The summed E-state index contributed by atoms with van der Waals surface area (Å²) in [6.07, 6.45) is 0. The highest BCUT2D eigenvalue weighted by atomic mass is 35.5. The number of nitrogens with zero attached hydrogens (tertiary/aromatic N) is 3. The molecule has 0 aliphatic rings. The average molecular weight is 443 g/mol. The Hall–Kier alpha value is -2.77. The van der Waals surface area contributed by atoms with Gasteiger partial charge in [-0.05, 0) is 63.0 Å². The second-order valence-corrected chi connectivity index (χ2v) is 9.04. The number of aryl methyl sites for hydroxylation is 1. The van der Waals surface area contributed by atoms with E-state index in [1.165, 1.54) is 4.90 Å². The van der Waals surface area contributed by atoms with Crippen LogP contribution >= 0.6 is 23.1 Å². The van der Waals surface area contributed by atoms with Gasteiger partial charge in [-0.2, -0.15) is 0 Å². The summed E-state index contributed by atoms with van der Waals surface area (Å²) >= 11 is 7.29. The maximum atomic E-state index is 13.5. The zero-order valence-electron chi connectivity index (χ0n) is 17.2. The van der Waals surface area contributed by atoms with Crippen molar-refractivity contribution in [2.75, 3.05) is 4.90 Å². The Morgan fingerprint density at radius 1 is 1.13 bits per heavy atom. The molecule has 0 aliphatic carbocycles. The highest BCUT2D eigenvalue weighted by Gasteiger charge is 2.35. The fourth-order valence-corrected chi connectivity index (χ4v) is 3.61. The van der Waals surface area contributed by atoms with Crippen LogP contribution in [0.1, 0.15) is 48.4 Å². The van der Waals surface area contributed by atoms with Gasteiger partial charge in [0.05, 0.1) is 0 Å². The molecule has 156 valence electrons. The molecule has 0 saturated carbocycles. The number of carbonyl (C=O) groups is 2. The van der Waals surface area contributed by atoms with Gasteiger partial charge in [0.1, 0.15) is 6.04 Å². The van der Waals surface area contributed by atoms with E-state index in [0.29, 0.717) is 16.3 Å². The van der Waals surface area contributed by atoms with Gasteiger partial charge in [0, 0.05) is 21.6 Å². The predicted molar refractivity (Wildman–Crippen MR) is 120 cm³/mol. The van der Waals surface area contributed by atoms with Gasteiger partial charge in [-0.15, -0.1) is 5.10 Å². The van der Waals surface area contributed by atoms with Gasteiger partial charge in [-0.1, -0.05) is 52.0 Å². The lowest BCUT2D eigenvalue weighted by molar-refractivity contribution is -0.123. The molecule has 3 rings (SSSR count). The van der Waals surface area contributed by atoms with Crippen molar-refractivity contribution in [3.8, 4) is 0 Å². The third-order valence-corrected chi connectivity index (χ3v) is 5.02. The molecule has 1 atom stereocenters. The molecule has 0 bridgehead atoms. The first-order valence-electron chi connectivity index (χ1n) is 9.40. The van der Waals surface area contributed by atoms with Crippen LogP contribution in [0.4, 0.5) is 5.69 Å². The number of aromatic nitrogens is 2. The number of anilines is 1. The highest BCUT2D eigenvalue weighted by molar-refractivity contribution is 7.03. The van der Waals surface area contributed by atoms with Gasteiger partial charge < -0.3 is 5.32 Å². The monoisotopic (exact) mass is 442 g/mol. The third kappa shape index (κ3) is 5.23. The van der Waals surface area contributed by atoms with Gasteiger partial charge in [0.25, 0.3) is 5.91 Å². The minimum absolute atomic E-state index is 0.167. The second kappa shape index (κ2) is 8.93. The van der Waals surface area contributed by atoms with E-state index in [1.807, 2.05) is 52.0 Å². The van der Waals surface area contributed by atoms with Crippen LogP contribution in [0.5, 0.6) is 0 Å². The van der Waals surface area contributed by atoms with Crippen LogP contribution in [-0.2, 0) is 4.79 Å². The summed E-state index contributed by atoms with van der Waals surface area (Å²) in [7, 11) is 0. The smallest absolute Gasteiger partial charge is 0.280 e. The van der Waals surface area contributed by atoms with Gasteiger partial charge in [0.15, 0.2) is 5.69 Å². The summed E-state index contributed by atoms with van der Waals surface area (Å²) in [5.41, 5.74) is 1.92. The number of hydrogen-bond acceptors (Lipinski definition) is 5. The number of hydrogen-bond donors (Lipinski definition) is 1. The van der Waals surface area contributed by atoms with E-state index in [9.17, 15) is 9.59 Å². The van der Waals surface area contributed by atoms with Crippen molar-refractivity contribution in [2.45, 2.75) is 39.3 Å². The quantitative estimate of drug-likeness (QED) is 0.615. The van der Waals surface area contributed by atoms with E-state index in [1.54, 1.807) is 29.6 Å². The Kier molecular flexibility index (Phi) is 6.53. The molecule has 0 spiro atoms. The normalized spacial score (nSPS) is 12.3. The maximum absolute atomic E-state index is 13.5. The Morgan fingerprint density at radius 2 is 1.83 bits per heavy atom. The van der Waals surface area contributed by atoms with E-state index in [2.05, 4.69) is 14.9 Å². The fourth-order valence-electron chi connectivity index (χ4n) is 3.00. The summed E-state index contributed by atoms with van der Waals surface area (Å²) in [6.45, 7) is 7.65. The molecule has 0 aliphatic heterocycles. The molecule has 0 radical (unpaired) electrons. The molecular formula is C22H23ClN4O2S. The largest absolute Gasteiger partial charge is 0.349 e. The Bertz CT molecular complexity index is 1030. The molecule has 30 heavy (non-hydrogen) atoms. The van der Waals surface area contributed by atoms with E-state index in [-0.39, 0.29) is 11.6 Å². The number of rotatable bonds is 5. The van der Waals surface area contributed by atoms with Crippen LogP contribution in [0.2, 0.25) is 5.02 Å². The number of benzene rings is 2. The number of nitrogens with one attached hydrogen (secondary N) is 1. The minimum Gasteiger partial charge on any atom is -0.349 e. The molecule has 8 heteroatoms. The first kappa shape index (κ1) is 21.9. The Balaban J connectivity index is 2.18. The zero-order valence-corrected chi connectivity index (χ0v) is 18.8. The first-order chi connectivity index (χ1) is 14.2. The lowest BCUT2D eigenvalue weighted by Gasteiger charge is -2.33. The van der Waals surface area contributed by atoms with Crippen molar-refractivity contribution >= 4 is 40.6 Å². The molecule has 1 N–H and O–H groups in total. The van der Waals surface area contributed by atoms with Crippen molar-refractivity contribution in [3.05, 3.63) is 75.8 Å². The highest BCUT2D eigenvalue weighted by Crippen LogP contribution is 2.31. The third-order valence-electron chi connectivity index (χ3n) is 4.28. The van der Waals surface area contributed by atoms with Crippen molar-refractivity contribution < 1.29 is 9.59 Å². The lowest BCUT2D eigenvalue weighted by atomic mass is 9.99. The number of carbonyl (C=O) groups excluding carboxylic acids is 2. The molecule has 0 saturated heterocycles. The minimum atomic E-state index is -0.919. The second-order valence-electron chi connectivity index (χ2n) is 8.00. The first-order valence-corrected chi connectivity index (χ1v) is 10.6. The average Bonchev–Trinajstić information content (AvgIpc) is 3.20. The van der Waals surface area contributed by atoms with E-state index in [4.69, 9.17) is 11.6 Å². The summed E-state index contributed by atoms with van der Waals surface area (Å²) in [5.74, 6) is -0.733. The van der Waals surface area contributed by atoms with Crippen LogP contribution in [0.3, 0.4) is 0 Å². The zero-order chi connectivity index (χ0) is 21.9.